The van der Waals surface area contributed by atoms with Crippen molar-refractivity contribution in [3.8, 4) is 0 Å². The molecule has 1 aliphatic heterocycles. The van der Waals surface area contributed by atoms with Gasteiger partial charge in [0.25, 0.3) is 0 Å². The molecular formula is C14H29NO5. The smallest absolute Gasteiger partial charge is 0.102 e. The molecule has 0 amide bonds. The molecular weight excluding hydrogens is 262 g/mol. The van der Waals surface area contributed by atoms with Crippen LogP contribution in [-0.4, -0.2) is 76.8 Å². The molecule has 6 heteroatoms. The molecule has 1 heterocycles. The van der Waals surface area contributed by atoms with Crippen molar-refractivity contribution in [2.45, 2.75) is 20.3 Å². The fraction of sp³-hybridized carbons (Fsp3) is 0.929. The number of quaternary nitrogens is 1. The first kappa shape index (κ1) is 19.3. The fourth-order valence-electron chi connectivity index (χ4n) is 1.62. The van der Waals surface area contributed by atoms with E-state index in [1.807, 2.05) is 6.92 Å². The van der Waals surface area contributed by atoms with Crippen LogP contribution in [-0.2, 0) is 19.0 Å². The zero-order chi connectivity index (χ0) is 15.3. The minimum absolute atomic E-state index is 0.0495. The number of ether oxygens (including phenoxy) is 3. The van der Waals surface area contributed by atoms with E-state index in [0.717, 1.165) is 13.2 Å². The van der Waals surface area contributed by atoms with Crippen molar-refractivity contribution in [3.05, 3.63) is 0 Å². The summed E-state index contributed by atoms with van der Waals surface area (Å²) >= 11 is 0. The van der Waals surface area contributed by atoms with Gasteiger partial charge in [-0.05, 0) is 13.8 Å². The topological polar surface area (TPSA) is 67.8 Å². The molecule has 120 valence electrons. The lowest BCUT2D eigenvalue weighted by molar-refractivity contribution is -0.915. The van der Waals surface area contributed by atoms with E-state index in [1.165, 1.54) is 24.1 Å². The van der Waals surface area contributed by atoms with E-state index in [2.05, 4.69) is 14.0 Å². The van der Waals surface area contributed by atoms with E-state index in [1.54, 1.807) is 0 Å². The molecule has 0 bridgehead atoms. The Bertz CT molecular complexity index is 242. The van der Waals surface area contributed by atoms with Crippen molar-refractivity contribution in [2.75, 3.05) is 66.3 Å². The van der Waals surface area contributed by atoms with E-state index >= 15 is 0 Å². The summed E-state index contributed by atoms with van der Waals surface area (Å²) < 4.78 is 16.3. The number of aliphatic carboxylic acids is 1. The number of carboxylic acid groups (broad SMARTS) is 1. The van der Waals surface area contributed by atoms with Gasteiger partial charge in [0.2, 0.25) is 0 Å². The number of rotatable bonds is 8. The van der Waals surface area contributed by atoms with Gasteiger partial charge in [0.1, 0.15) is 13.1 Å². The molecule has 0 radical (unpaired) electrons. The Balaban J connectivity index is 0.000000367. The van der Waals surface area contributed by atoms with Crippen LogP contribution >= 0.6 is 0 Å². The Morgan fingerprint density at radius 3 is 2.20 bits per heavy atom. The van der Waals surface area contributed by atoms with Gasteiger partial charge in [0.05, 0.1) is 46.6 Å². The van der Waals surface area contributed by atoms with Gasteiger partial charge in [-0.2, -0.15) is 0 Å². The summed E-state index contributed by atoms with van der Waals surface area (Å²) in [6, 6.07) is 0. The van der Waals surface area contributed by atoms with Gasteiger partial charge in [-0.3, -0.25) is 0 Å². The number of hydrogen-bond acceptors (Lipinski definition) is 5. The molecule has 1 fully saturated rings. The first-order valence-corrected chi connectivity index (χ1v) is 7.30. The quantitative estimate of drug-likeness (QED) is 0.452. The van der Waals surface area contributed by atoms with Crippen LogP contribution in [0.5, 0.6) is 0 Å². The molecule has 6 nitrogen and oxygen atoms in total. The number of morpholine rings is 1. The van der Waals surface area contributed by atoms with Gasteiger partial charge >= 0.3 is 0 Å². The highest BCUT2D eigenvalue weighted by molar-refractivity contribution is 5.64. The Kier molecular flexibility index (Phi) is 11.7. The van der Waals surface area contributed by atoms with Gasteiger partial charge in [-0.1, -0.05) is 0 Å². The standard InChI is InChI=1S/C7H16NO.C7H14O4/c1-3-8(2)4-6-9-7-5-8;1-2-10-5-6-11-4-3-7(8)9/h3-7H2,1-2H3;2-6H2,1H3,(H,8,9)/q+1;/p-1. The zero-order valence-corrected chi connectivity index (χ0v) is 13.1. The van der Waals surface area contributed by atoms with Crippen LogP contribution in [0.2, 0.25) is 0 Å². The highest BCUT2D eigenvalue weighted by Gasteiger charge is 2.21. The number of likely N-dealkylation sites (N-methyl/N-ethyl adjacent to an activating group) is 1. The van der Waals surface area contributed by atoms with Crippen molar-refractivity contribution in [1.29, 1.82) is 0 Å². The lowest BCUT2D eigenvalue weighted by atomic mass is 10.3. The summed E-state index contributed by atoms with van der Waals surface area (Å²) in [5.41, 5.74) is 0. The highest BCUT2D eigenvalue weighted by atomic mass is 16.5. The molecule has 20 heavy (non-hydrogen) atoms. The summed E-state index contributed by atoms with van der Waals surface area (Å²) in [4.78, 5) is 9.87. The van der Waals surface area contributed by atoms with E-state index in [9.17, 15) is 9.90 Å². The molecule has 0 saturated carbocycles. The summed E-state index contributed by atoms with van der Waals surface area (Å²) in [7, 11) is 2.29. The molecule has 0 N–H and O–H groups in total. The second-order valence-electron chi connectivity index (χ2n) is 4.93. The van der Waals surface area contributed by atoms with Crippen LogP contribution in [0.1, 0.15) is 20.3 Å². The van der Waals surface area contributed by atoms with Gasteiger partial charge in [-0.25, -0.2) is 0 Å². The number of carboxylic acids is 1. The lowest BCUT2D eigenvalue weighted by Crippen LogP contribution is -2.51. The minimum atomic E-state index is -1.08. The summed E-state index contributed by atoms with van der Waals surface area (Å²) in [5, 5.41) is 9.87. The van der Waals surface area contributed by atoms with E-state index in [4.69, 9.17) is 14.2 Å². The van der Waals surface area contributed by atoms with Gasteiger partial charge in [0.15, 0.2) is 0 Å². The summed E-state index contributed by atoms with van der Waals surface area (Å²) in [5.74, 6) is -1.08. The molecule has 0 aliphatic carbocycles. The second kappa shape index (κ2) is 12.1. The molecule has 0 aromatic carbocycles. The van der Waals surface area contributed by atoms with Crippen molar-refractivity contribution in [1.82, 2.24) is 0 Å². The Morgan fingerprint density at radius 2 is 1.75 bits per heavy atom. The summed E-state index contributed by atoms with van der Waals surface area (Å²) in [6.07, 6.45) is -0.0495. The lowest BCUT2D eigenvalue weighted by Gasteiger charge is -2.36. The molecule has 0 atom stereocenters. The maximum absolute atomic E-state index is 9.87. The Morgan fingerprint density at radius 1 is 1.15 bits per heavy atom. The number of carbonyl (C=O) groups is 1. The van der Waals surface area contributed by atoms with Crippen LogP contribution in [0, 0.1) is 0 Å². The number of nitrogens with zero attached hydrogens (tertiary/aromatic N) is 1. The molecule has 0 spiro atoms. The van der Waals surface area contributed by atoms with Gasteiger partial charge < -0.3 is 28.6 Å². The third-order valence-corrected chi connectivity index (χ3v) is 3.34. The molecule has 0 aromatic heterocycles. The number of hydrogen-bond donors (Lipinski definition) is 0. The molecule has 0 aromatic rings. The third-order valence-electron chi connectivity index (χ3n) is 3.34. The van der Waals surface area contributed by atoms with E-state index in [-0.39, 0.29) is 13.0 Å². The molecule has 1 aliphatic rings. The van der Waals surface area contributed by atoms with Gasteiger partial charge in [-0.15, -0.1) is 0 Å². The Labute approximate surface area is 122 Å². The highest BCUT2D eigenvalue weighted by Crippen LogP contribution is 2.05. The molecule has 1 rings (SSSR count). The second-order valence-corrected chi connectivity index (χ2v) is 4.93. The van der Waals surface area contributed by atoms with E-state index < -0.39 is 5.97 Å². The maximum Gasteiger partial charge on any atom is 0.102 e. The van der Waals surface area contributed by atoms with Gasteiger partial charge in [0, 0.05) is 19.0 Å². The third kappa shape index (κ3) is 11.2. The fourth-order valence-corrected chi connectivity index (χ4v) is 1.62. The van der Waals surface area contributed by atoms with Crippen molar-refractivity contribution >= 4 is 5.97 Å². The van der Waals surface area contributed by atoms with Crippen molar-refractivity contribution in [3.63, 3.8) is 0 Å². The molecule has 1 saturated heterocycles. The number of carbonyl (C=O) groups excluding carboxylic acids is 1. The van der Waals surface area contributed by atoms with Crippen LogP contribution in [0.4, 0.5) is 0 Å². The van der Waals surface area contributed by atoms with Crippen molar-refractivity contribution < 1.29 is 28.6 Å². The largest absolute Gasteiger partial charge is 0.550 e. The van der Waals surface area contributed by atoms with Crippen LogP contribution in [0.15, 0.2) is 0 Å². The van der Waals surface area contributed by atoms with E-state index in [0.29, 0.717) is 19.8 Å². The van der Waals surface area contributed by atoms with Crippen LogP contribution in [0.25, 0.3) is 0 Å². The van der Waals surface area contributed by atoms with Crippen molar-refractivity contribution in [2.24, 2.45) is 0 Å². The average Bonchev–Trinajstić information content (AvgIpc) is 2.44. The first-order chi connectivity index (χ1) is 9.54. The van der Waals surface area contributed by atoms with Crippen LogP contribution in [0.3, 0.4) is 0 Å². The predicted octanol–water partition coefficient (Wildman–Crippen LogP) is -0.337. The predicted molar refractivity (Wildman–Crippen MR) is 74.2 cm³/mol. The Hall–Kier alpha value is -0.690. The monoisotopic (exact) mass is 291 g/mol. The average molecular weight is 291 g/mol. The zero-order valence-electron chi connectivity index (χ0n) is 13.1. The normalized spacial score (nSPS) is 17.1. The maximum atomic E-state index is 9.87. The molecule has 0 unspecified atom stereocenters. The minimum Gasteiger partial charge on any atom is -0.550 e. The van der Waals surface area contributed by atoms with Crippen LogP contribution < -0.4 is 5.11 Å². The first-order valence-electron chi connectivity index (χ1n) is 7.30. The SMILES string of the molecule is CCOCCOCCC(=O)[O-].CC[N+]1(C)CCOCC1. The summed E-state index contributed by atoms with van der Waals surface area (Å²) in [6.45, 7) is 11.5.